The Labute approximate surface area is 143 Å². The van der Waals surface area contributed by atoms with Crippen LogP contribution >= 0.6 is 11.6 Å². The predicted molar refractivity (Wildman–Crippen MR) is 93.8 cm³/mol. The first-order valence-corrected chi connectivity index (χ1v) is 9.89. The minimum atomic E-state index is -3.38. The van der Waals surface area contributed by atoms with Gasteiger partial charge in [0.25, 0.3) is 0 Å². The van der Waals surface area contributed by atoms with Crippen molar-refractivity contribution in [2.75, 3.05) is 13.1 Å². The smallest absolute Gasteiger partial charge is 0.207 e. The SMILES string of the molecule is Cc1ccc(S(=O)(=O)N2CCC(C3C=CCC=C3Cl)CC2)cc1. The number of hydrogen-bond donors (Lipinski definition) is 0. The largest absolute Gasteiger partial charge is 0.243 e. The molecule has 0 radical (unpaired) electrons. The van der Waals surface area contributed by atoms with E-state index in [4.69, 9.17) is 11.6 Å². The Bertz CT molecular complexity index is 714. The van der Waals surface area contributed by atoms with E-state index in [2.05, 4.69) is 18.2 Å². The van der Waals surface area contributed by atoms with Crippen LogP contribution in [0.1, 0.15) is 24.8 Å². The Kier molecular flexibility index (Phi) is 4.95. The maximum Gasteiger partial charge on any atom is 0.243 e. The lowest BCUT2D eigenvalue weighted by molar-refractivity contribution is 0.248. The highest BCUT2D eigenvalue weighted by Crippen LogP contribution is 2.36. The maximum atomic E-state index is 12.7. The first-order valence-electron chi connectivity index (χ1n) is 8.07. The lowest BCUT2D eigenvalue weighted by Crippen LogP contribution is -2.40. The molecule has 1 aromatic carbocycles. The van der Waals surface area contributed by atoms with Crippen LogP contribution in [0.5, 0.6) is 0 Å². The quantitative estimate of drug-likeness (QED) is 0.769. The Morgan fingerprint density at radius 2 is 1.78 bits per heavy atom. The fourth-order valence-corrected chi connectivity index (χ4v) is 5.16. The average molecular weight is 352 g/mol. The Balaban J connectivity index is 1.69. The average Bonchev–Trinajstić information content (AvgIpc) is 2.56. The number of piperidine rings is 1. The molecule has 23 heavy (non-hydrogen) atoms. The number of benzene rings is 1. The number of aryl methyl sites for hydroxylation is 1. The van der Waals surface area contributed by atoms with Crippen molar-refractivity contribution >= 4 is 21.6 Å². The van der Waals surface area contributed by atoms with E-state index in [9.17, 15) is 8.42 Å². The van der Waals surface area contributed by atoms with E-state index in [0.29, 0.717) is 23.9 Å². The Morgan fingerprint density at radius 3 is 2.39 bits per heavy atom. The van der Waals surface area contributed by atoms with Crippen molar-refractivity contribution in [3.8, 4) is 0 Å². The molecule has 0 aromatic heterocycles. The van der Waals surface area contributed by atoms with Crippen molar-refractivity contribution in [1.82, 2.24) is 4.31 Å². The van der Waals surface area contributed by atoms with Crippen molar-refractivity contribution in [2.24, 2.45) is 11.8 Å². The standard InChI is InChI=1S/C18H22ClNO2S/c1-14-6-8-16(9-7-14)23(21,22)20-12-10-15(11-13-20)17-4-2-3-5-18(17)19/h2,4-9,15,17H,3,10-13H2,1H3. The molecule has 1 aromatic rings. The summed E-state index contributed by atoms with van der Waals surface area (Å²) in [6.07, 6.45) is 8.98. The highest BCUT2D eigenvalue weighted by molar-refractivity contribution is 7.89. The third kappa shape index (κ3) is 3.54. The van der Waals surface area contributed by atoms with E-state index in [0.717, 1.165) is 29.9 Å². The molecular weight excluding hydrogens is 330 g/mol. The van der Waals surface area contributed by atoms with E-state index in [1.54, 1.807) is 16.4 Å². The summed E-state index contributed by atoms with van der Waals surface area (Å²) >= 11 is 6.33. The summed E-state index contributed by atoms with van der Waals surface area (Å²) in [5, 5.41) is 0.910. The molecule has 1 aliphatic heterocycles. The van der Waals surface area contributed by atoms with Crippen LogP contribution in [0.25, 0.3) is 0 Å². The minimum absolute atomic E-state index is 0.259. The molecule has 0 saturated carbocycles. The molecule has 3 nitrogen and oxygen atoms in total. The maximum absolute atomic E-state index is 12.7. The molecule has 3 rings (SSSR count). The minimum Gasteiger partial charge on any atom is -0.207 e. The summed E-state index contributed by atoms with van der Waals surface area (Å²) in [7, 11) is -3.38. The number of hydrogen-bond acceptors (Lipinski definition) is 2. The molecule has 0 spiro atoms. The second-order valence-electron chi connectivity index (χ2n) is 6.33. The van der Waals surface area contributed by atoms with Gasteiger partial charge in [-0.3, -0.25) is 0 Å². The summed E-state index contributed by atoms with van der Waals surface area (Å²) < 4.78 is 27.1. The number of sulfonamides is 1. The third-order valence-electron chi connectivity index (χ3n) is 4.78. The van der Waals surface area contributed by atoms with Gasteiger partial charge < -0.3 is 0 Å². The van der Waals surface area contributed by atoms with Crippen LogP contribution in [0.4, 0.5) is 0 Å². The van der Waals surface area contributed by atoms with Gasteiger partial charge in [-0.05, 0) is 44.2 Å². The van der Waals surface area contributed by atoms with Gasteiger partial charge in [0, 0.05) is 24.0 Å². The van der Waals surface area contributed by atoms with Crippen LogP contribution in [0.3, 0.4) is 0 Å². The number of halogens is 1. The van der Waals surface area contributed by atoms with Crippen LogP contribution in [0.2, 0.25) is 0 Å². The van der Waals surface area contributed by atoms with E-state index in [1.807, 2.05) is 19.1 Å². The topological polar surface area (TPSA) is 37.4 Å². The molecule has 0 bridgehead atoms. The van der Waals surface area contributed by atoms with Gasteiger partial charge in [0.2, 0.25) is 10.0 Å². The molecule has 0 amide bonds. The van der Waals surface area contributed by atoms with Crippen LogP contribution in [0, 0.1) is 18.8 Å². The Morgan fingerprint density at radius 1 is 1.13 bits per heavy atom. The zero-order chi connectivity index (χ0) is 16.4. The van der Waals surface area contributed by atoms with E-state index in [-0.39, 0.29) is 5.92 Å². The highest BCUT2D eigenvalue weighted by atomic mass is 35.5. The third-order valence-corrected chi connectivity index (χ3v) is 7.10. The number of allylic oxidation sites excluding steroid dienone is 4. The fraction of sp³-hybridized carbons (Fsp3) is 0.444. The molecule has 1 unspecified atom stereocenters. The Hall–Kier alpha value is -1.10. The van der Waals surface area contributed by atoms with Gasteiger partial charge >= 0.3 is 0 Å². The van der Waals surface area contributed by atoms with Gasteiger partial charge in [-0.15, -0.1) is 0 Å². The monoisotopic (exact) mass is 351 g/mol. The first-order chi connectivity index (χ1) is 11.0. The summed E-state index contributed by atoms with van der Waals surface area (Å²) in [6.45, 7) is 3.08. The lowest BCUT2D eigenvalue weighted by atomic mass is 9.82. The van der Waals surface area contributed by atoms with Gasteiger partial charge in [0.1, 0.15) is 0 Å². The highest BCUT2D eigenvalue weighted by Gasteiger charge is 2.33. The second-order valence-corrected chi connectivity index (χ2v) is 8.71. The second kappa shape index (κ2) is 6.80. The molecule has 124 valence electrons. The van der Waals surface area contributed by atoms with Gasteiger partial charge in [-0.2, -0.15) is 4.31 Å². The lowest BCUT2D eigenvalue weighted by Gasteiger charge is -2.35. The van der Waals surface area contributed by atoms with Crippen molar-refractivity contribution in [1.29, 1.82) is 0 Å². The first kappa shape index (κ1) is 16.7. The van der Waals surface area contributed by atoms with Gasteiger partial charge in [-0.1, -0.05) is 47.5 Å². The molecule has 1 heterocycles. The molecule has 1 atom stereocenters. The van der Waals surface area contributed by atoms with Crippen LogP contribution < -0.4 is 0 Å². The van der Waals surface area contributed by atoms with E-state index < -0.39 is 10.0 Å². The molecule has 1 saturated heterocycles. The number of rotatable bonds is 3. The fourth-order valence-electron chi connectivity index (χ4n) is 3.35. The molecular formula is C18H22ClNO2S. The van der Waals surface area contributed by atoms with Crippen molar-refractivity contribution in [3.63, 3.8) is 0 Å². The van der Waals surface area contributed by atoms with Crippen molar-refractivity contribution < 1.29 is 8.42 Å². The molecule has 5 heteroatoms. The summed E-state index contributed by atoms with van der Waals surface area (Å²) in [5.74, 6) is 0.689. The van der Waals surface area contributed by atoms with E-state index in [1.165, 1.54) is 0 Å². The summed E-state index contributed by atoms with van der Waals surface area (Å²) in [6, 6.07) is 7.08. The number of nitrogens with zero attached hydrogens (tertiary/aromatic N) is 1. The van der Waals surface area contributed by atoms with Crippen LogP contribution in [0.15, 0.2) is 52.4 Å². The summed E-state index contributed by atoms with van der Waals surface area (Å²) in [5.41, 5.74) is 1.06. The predicted octanol–water partition coefficient (Wildman–Crippen LogP) is 4.09. The van der Waals surface area contributed by atoms with Crippen LogP contribution in [-0.2, 0) is 10.0 Å². The normalized spacial score (nSPS) is 23.7. The van der Waals surface area contributed by atoms with Gasteiger partial charge in [0.05, 0.1) is 4.90 Å². The zero-order valence-electron chi connectivity index (χ0n) is 13.3. The van der Waals surface area contributed by atoms with Gasteiger partial charge in [-0.25, -0.2) is 8.42 Å². The zero-order valence-corrected chi connectivity index (χ0v) is 14.9. The molecule has 1 fully saturated rings. The van der Waals surface area contributed by atoms with Crippen molar-refractivity contribution in [2.45, 2.75) is 31.1 Å². The molecule has 0 N–H and O–H groups in total. The van der Waals surface area contributed by atoms with E-state index >= 15 is 0 Å². The molecule has 2 aliphatic rings. The van der Waals surface area contributed by atoms with Gasteiger partial charge in [0.15, 0.2) is 0 Å². The molecule has 1 aliphatic carbocycles. The summed E-state index contributed by atoms with van der Waals surface area (Å²) in [4.78, 5) is 0.386. The van der Waals surface area contributed by atoms with Crippen molar-refractivity contribution in [3.05, 3.63) is 53.1 Å². The van der Waals surface area contributed by atoms with Crippen LogP contribution in [-0.4, -0.2) is 25.8 Å².